The molecule has 0 aliphatic heterocycles. The Balaban J connectivity index is 1.98. The normalized spacial score (nSPS) is 13.1. The molecule has 0 radical (unpaired) electrons. The number of hydrogen-bond acceptors (Lipinski definition) is 2. The number of aromatic nitrogens is 2. The summed E-state index contributed by atoms with van der Waals surface area (Å²) in [6.07, 6.45) is 0.865. The molecule has 0 spiro atoms. The Bertz CT molecular complexity index is 644. The Morgan fingerprint density at radius 3 is 2.43 bits per heavy atom. The van der Waals surface area contributed by atoms with Crippen molar-refractivity contribution in [2.24, 2.45) is 0 Å². The number of benzene rings is 1. The Morgan fingerprint density at radius 1 is 1.22 bits per heavy atom. The second-order valence-corrected chi connectivity index (χ2v) is 7.19. The largest absolute Gasteiger partial charge is 0.348 e. The van der Waals surface area contributed by atoms with Gasteiger partial charge in [0.15, 0.2) is 0 Å². The Hall–Kier alpha value is -2.10. The number of nitrogens with zero attached hydrogens (tertiary/aromatic N) is 1. The van der Waals surface area contributed by atoms with Crippen molar-refractivity contribution in [3.8, 4) is 0 Å². The van der Waals surface area contributed by atoms with Gasteiger partial charge in [-0.1, -0.05) is 58.0 Å². The molecule has 4 nitrogen and oxygen atoms in total. The third-order valence-corrected chi connectivity index (χ3v) is 4.20. The average Bonchev–Trinajstić information content (AvgIpc) is 2.97. The molecule has 0 bridgehead atoms. The third kappa shape index (κ3) is 4.44. The summed E-state index contributed by atoms with van der Waals surface area (Å²) in [6.45, 7) is 10.6. The fourth-order valence-electron chi connectivity index (χ4n) is 2.87. The molecule has 1 aromatic carbocycles. The van der Waals surface area contributed by atoms with E-state index in [1.54, 1.807) is 0 Å². The number of amides is 1. The van der Waals surface area contributed by atoms with E-state index < -0.39 is 0 Å². The third-order valence-electron chi connectivity index (χ3n) is 4.20. The van der Waals surface area contributed by atoms with Gasteiger partial charge in [0.2, 0.25) is 0 Å². The maximum absolute atomic E-state index is 12.3. The molecule has 0 saturated carbocycles. The van der Waals surface area contributed by atoms with Crippen molar-refractivity contribution in [2.75, 3.05) is 0 Å². The summed E-state index contributed by atoms with van der Waals surface area (Å²) in [6, 6.07) is 12.3. The summed E-state index contributed by atoms with van der Waals surface area (Å²) >= 11 is 0. The molecular formula is C19H27N3O. The molecule has 1 unspecified atom stereocenters. The fraction of sp³-hybridized carbons (Fsp3) is 0.474. The summed E-state index contributed by atoms with van der Waals surface area (Å²) in [5, 5.41) is 10.1. The zero-order valence-electron chi connectivity index (χ0n) is 14.7. The smallest absolute Gasteiger partial charge is 0.271 e. The molecule has 1 heterocycles. The van der Waals surface area contributed by atoms with Crippen molar-refractivity contribution >= 4 is 5.91 Å². The molecule has 2 aromatic rings. The number of H-pyrrole nitrogens is 1. The van der Waals surface area contributed by atoms with E-state index in [9.17, 15) is 4.79 Å². The average molecular weight is 313 g/mol. The van der Waals surface area contributed by atoms with E-state index in [-0.39, 0.29) is 17.4 Å². The van der Waals surface area contributed by atoms with E-state index in [1.807, 2.05) is 19.1 Å². The molecule has 2 N–H and O–H groups in total. The molecule has 0 aliphatic rings. The van der Waals surface area contributed by atoms with Gasteiger partial charge in [-0.2, -0.15) is 5.10 Å². The maximum Gasteiger partial charge on any atom is 0.271 e. The van der Waals surface area contributed by atoms with Crippen molar-refractivity contribution in [1.82, 2.24) is 15.5 Å². The summed E-state index contributed by atoms with van der Waals surface area (Å²) in [5.74, 6) is 0.211. The molecule has 1 aromatic heterocycles. The summed E-state index contributed by atoms with van der Waals surface area (Å²) < 4.78 is 0. The van der Waals surface area contributed by atoms with Gasteiger partial charge in [0, 0.05) is 11.7 Å². The van der Waals surface area contributed by atoms with Crippen LogP contribution in [0.1, 0.15) is 68.7 Å². The number of nitrogens with one attached hydrogen (secondary N) is 2. The molecule has 124 valence electrons. The zero-order chi connectivity index (χ0) is 17.0. The van der Waals surface area contributed by atoms with Gasteiger partial charge < -0.3 is 5.32 Å². The maximum atomic E-state index is 12.3. The highest BCUT2D eigenvalue weighted by Crippen LogP contribution is 2.28. The second kappa shape index (κ2) is 6.99. The highest BCUT2D eigenvalue weighted by atomic mass is 16.2. The Morgan fingerprint density at radius 2 is 1.87 bits per heavy atom. The molecule has 1 amide bonds. The van der Waals surface area contributed by atoms with Crippen LogP contribution in [0, 0.1) is 0 Å². The van der Waals surface area contributed by atoms with Crippen molar-refractivity contribution in [3.05, 3.63) is 53.3 Å². The molecular weight excluding hydrogens is 286 g/mol. The summed E-state index contributed by atoms with van der Waals surface area (Å²) in [5.41, 5.74) is 2.72. The summed E-state index contributed by atoms with van der Waals surface area (Å²) in [7, 11) is 0. The van der Waals surface area contributed by atoms with Gasteiger partial charge in [-0.15, -0.1) is 0 Å². The van der Waals surface area contributed by atoms with E-state index in [0.717, 1.165) is 12.1 Å². The van der Waals surface area contributed by atoms with Gasteiger partial charge >= 0.3 is 0 Å². The van der Waals surface area contributed by atoms with Crippen LogP contribution in [-0.4, -0.2) is 22.1 Å². The lowest BCUT2D eigenvalue weighted by molar-refractivity contribution is 0.0929. The van der Waals surface area contributed by atoms with Gasteiger partial charge in [-0.3, -0.25) is 9.89 Å². The van der Waals surface area contributed by atoms with E-state index in [1.165, 1.54) is 5.56 Å². The fourth-order valence-corrected chi connectivity index (χ4v) is 2.87. The molecule has 0 fully saturated rings. The number of hydrogen-bond donors (Lipinski definition) is 2. The standard InChI is InChI=1S/C19H27N3O/c1-13(2)16-11-17(22-21-16)18(23)20-14(3)12-19(4,5)15-9-7-6-8-10-15/h6-11,13-14H,12H2,1-5H3,(H,20,23)(H,21,22). The molecule has 1 atom stereocenters. The first kappa shape index (κ1) is 17.3. The first-order valence-electron chi connectivity index (χ1n) is 8.21. The van der Waals surface area contributed by atoms with Crippen LogP contribution in [-0.2, 0) is 5.41 Å². The monoisotopic (exact) mass is 313 g/mol. The topological polar surface area (TPSA) is 57.8 Å². The predicted octanol–water partition coefficient (Wildman–Crippen LogP) is 4.02. The van der Waals surface area contributed by atoms with Crippen LogP contribution >= 0.6 is 0 Å². The lowest BCUT2D eigenvalue weighted by Crippen LogP contribution is -2.37. The summed E-state index contributed by atoms with van der Waals surface area (Å²) in [4.78, 5) is 12.3. The first-order valence-corrected chi connectivity index (χ1v) is 8.21. The molecule has 4 heteroatoms. The van der Waals surface area contributed by atoms with Crippen LogP contribution in [0.4, 0.5) is 0 Å². The number of rotatable bonds is 6. The van der Waals surface area contributed by atoms with Gasteiger partial charge in [-0.05, 0) is 36.3 Å². The highest BCUT2D eigenvalue weighted by Gasteiger charge is 2.24. The molecule has 23 heavy (non-hydrogen) atoms. The van der Waals surface area contributed by atoms with Crippen LogP contribution in [0.15, 0.2) is 36.4 Å². The van der Waals surface area contributed by atoms with Crippen molar-refractivity contribution in [3.63, 3.8) is 0 Å². The molecule has 2 rings (SSSR count). The van der Waals surface area contributed by atoms with Crippen molar-refractivity contribution in [1.29, 1.82) is 0 Å². The molecule has 0 saturated heterocycles. The Kier molecular flexibility index (Phi) is 5.24. The minimum Gasteiger partial charge on any atom is -0.348 e. The van der Waals surface area contributed by atoms with Crippen LogP contribution in [0.5, 0.6) is 0 Å². The lowest BCUT2D eigenvalue weighted by atomic mass is 9.79. The minimum absolute atomic E-state index is 0.00260. The number of aromatic amines is 1. The highest BCUT2D eigenvalue weighted by molar-refractivity contribution is 5.92. The van der Waals surface area contributed by atoms with E-state index in [4.69, 9.17) is 0 Å². The SMILES string of the molecule is CC(CC(C)(C)c1ccccc1)NC(=O)c1cc(C(C)C)[nH]n1. The Labute approximate surface area is 138 Å². The quantitative estimate of drug-likeness (QED) is 0.846. The zero-order valence-corrected chi connectivity index (χ0v) is 14.7. The van der Waals surface area contributed by atoms with Gasteiger partial charge in [0.25, 0.3) is 5.91 Å². The number of carbonyl (C=O) groups excluding carboxylic acids is 1. The molecule has 0 aliphatic carbocycles. The first-order chi connectivity index (χ1) is 10.8. The van der Waals surface area contributed by atoms with E-state index >= 15 is 0 Å². The van der Waals surface area contributed by atoms with Crippen molar-refractivity contribution in [2.45, 2.75) is 58.4 Å². The van der Waals surface area contributed by atoms with Crippen LogP contribution in [0.3, 0.4) is 0 Å². The lowest BCUT2D eigenvalue weighted by Gasteiger charge is -2.29. The van der Waals surface area contributed by atoms with Crippen LogP contribution in [0.2, 0.25) is 0 Å². The van der Waals surface area contributed by atoms with E-state index in [2.05, 4.69) is 67.5 Å². The van der Waals surface area contributed by atoms with Crippen LogP contribution in [0.25, 0.3) is 0 Å². The van der Waals surface area contributed by atoms with Crippen molar-refractivity contribution < 1.29 is 4.79 Å². The second-order valence-electron chi connectivity index (χ2n) is 7.19. The van der Waals surface area contributed by atoms with E-state index in [0.29, 0.717) is 11.6 Å². The minimum atomic E-state index is -0.121. The number of carbonyl (C=O) groups is 1. The predicted molar refractivity (Wildman–Crippen MR) is 93.7 cm³/mol. The van der Waals surface area contributed by atoms with Gasteiger partial charge in [0.1, 0.15) is 5.69 Å². The van der Waals surface area contributed by atoms with Gasteiger partial charge in [-0.25, -0.2) is 0 Å². The van der Waals surface area contributed by atoms with Gasteiger partial charge in [0.05, 0.1) is 0 Å². The van der Waals surface area contributed by atoms with Crippen LogP contribution < -0.4 is 5.32 Å².